The molecule has 4 heteroatoms. The molecule has 2 N–H and O–H groups in total. The van der Waals surface area contributed by atoms with E-state index in [4.69, 9.17) is 5.73 Å². The van der Waals surface area contributed by atoms with E-state index in [-0.39, 0.29) is 11.9 Å². The summed E-state index contributed by atoms with van der Waals surface area (Å²) >= 11 is 3.43. The highest BCUT2D eigenvalue weighted by Crippen LogP contribution is 2.29. The molecule has 0 saturated heterocycles. The molecule has 1 atom stereocenters. The summed E-state index contributed by atoms with van der Waals surface area (Å²) in [5.41, 5.74) is 9.86. The standard InChI is InChI=1S/C17H14BrFN2/c1-10-2-3-11-8-12(4-7-16(11)21-10)17(20)14-9-13(19)5-6-15(14)18/h2-9,17H,20H2,1H3. The number of nitrogens with zero attached hydrogens (tertiary/aromatic N) is 1. The van der Waals surface area contributed by atoms with Crippen LogP contribution in [0.25, 0.3) is 10.9 Å². The lowest BCUT2D eigenvalue weighted by molar-refractivity contribution is 0.623. The van der Waals surface area contributed by atoms with Crippen molar-refractivity contribution in [2.75, 3.05) is 0 Å². The molecule has 0 bridgehead atoms. The summed E-state index contributed by atoms with van der Waals surface area (Å²) < 4.78 is 14.2. The van der Waals surface area contributed by atoms with Gasteiger partial charge < -0.3 is 5.73 Å². The van der Waals surface area contributed by atoms with Gasteiger partial charge in [0, 0.05) is 15.6 Å². The molecule has 0 amide bonds. The molecule has 1 heterocycles. The quantitative estimate of drug-likeness (QED) is 0.743. The van der Waals surface area contributed by atoms with Gasteiger partial charge in [0.15, 0.2) is 0 Å². The second kappa shape index (κ2) is 5.54. The molecule has 3 aromatic rings. The lowest BCUT2D eigenvalue weighted by Gasteiger charge is -2.15. The lowest BCUT2D eigenvalue weighted by atomic mass is 9.98. The molecular weight excluding hydrogens is 331 g/mol. The van der Waals surface area contributed by atoms with Gasteiger partial charge in [-0.15, -0.1) is 0 Å². The molecule has 2 nitrogen and oxygen atoms in total. The molecule has 3 rings (SSSR count). The fourth-order valence-corrected chi connectivity index (χ4v) is 2.87. The van der Waals surface area contributed by atoms with Crippen LogP contribution in [-0.2, 0) is 0 Å². The summed E-state index contributed by atoms with van der Waals surface area (Å²) in [4.78, 5) is 4.47. The van der Waals surface area contributed by atoms with Crippen molar-refractivity contribution < 1.29 is 4.39 Å². The van der Waals surface area contributed by atoms with Crippen molar-refractivity contribution >= 4 is 26.8 Å². The Kier molecular flexibility index (Phi) is 3.74. The highest BCUT2D eigenvalue weighted by molar-refractivity contribution is 9.10. The van der Waals surface area contributed by atoms with E-state index in [1.54, 1.807) is 6.07 Å². The molecule has 106 valence electrons. The zero-order valence-electron chi connectivity index (χ0n) is 11.5. The van der Waals surface area contributed by atoms with Gasteiger partial charge in [0.25, 0.3) is 0 Å². The lowest BCUT2D eigenvalue weighted by Crippen LogP contribution is -2.12. The molecule has 1 unspecified atom stereocenters. The van der Waals surface area contributed by atoms with Crippen LogP contribution in [0.5, 0.6) is 0 Å². The number of aromatic nitrogens is 1. The van der Waals surface area contributed by atoms with Crippen molar-refractivity contribution in [2.24, 2.45) is 5.73 Å². The van der Waals surface area contributed by atoms with Crippen molar-refractivity contribution in [3.63, 3.8) is 0 Å². The Labute approximate surface area is 130 Å². The fraction of sp³-hybridized carbons (Fsp3) is 0.118. The Bertz CT molecular complexity index is 817. The third-order valence-electron chi connectivity index (χ3n) is 3.50. The summed E-state index contributed by atoms with van der Waals surface area (Å²) in [5.74, 6) is -0.290. The van der Waals surface area contributed by atoms with E-state index in [2.05, 4.69) is 20.9 Å². The van der Waals surface area contributed by atoms with Crippen LogP contribution >= 0.6 is 15.9 Å². The van der Waals surface area contributed by atoms with Crippen LogP contribution in [-0.4, -0.2) is 4.98 Å². The molecule has 0 radical (unpaired) electrons. The van der Waals surface area contributed by atoms with Crippen molar-refractivity contribution in [2.45, 2.75) is 13.0 Å². The number of nitrogens with two attached hydrogens (primary N) is 1. The number of hydrogen-bond acceptors (Lipinski definition) is 2. The molecule has 21 heavy (non-hydrogen) atoms. The molecule has 0 saturated carbocycles. The number of halogens is 2. The van der Waals surface area contributed by atoms with E-state index in [0.29, 0.717) is 0 Å². The first-order valence-electron chi connectivity index (χ1n) is 6.62. The third-order valence-corrected chi connectivity index (χ3v) is 4.23. The third kappa shape index (κ3) is 2.82. The number of hydrogen-bond donors (Lipinski definition) is 1. The fourth-order valence-electron chi connectivity index (χ4n) is 2.37. The van der Waals surface area contributed by atoms with Crippen LogP contribution < -0.4 is 5.73 Å². The van der Waals surface area contributed by atoms with Gasteiger partial charge in [0.2, 0.25) is 0 Å². The van der Waals surface area contributed by atoms with Crippen LogP contribution in [0, 0.1) is 12.7 Å². The van der Waals surface area contributed by atoms with Gasteiger partial charge >= 0.3 is 0 Å². The highest BCUT2D eigenvalue weighted by atomic mass is 79.9. The minimum Gasteiger partial charge on any atom is -0.320 e. The smallest absolute Gasteiger partial charge is 0.123 e. The van der Waals surface area contributed by atoms with E-state index in [1.807, 2.05) is 37.3 Å². The van der Waals surface area contributed by atoms with Crippen LogP contribution in [0.1, 0.15) is 22.9 Å². The number of benzene rings is 2. The average Bonchev–Trinajstić information content (AvgIpc) is 2.48. The van der Waals surface area contributed by atoms with Crippen molar-refractivity contribution in [1.29, 1.82) is 0 Å². The molecule has 0 aliphatic rings. The first-order valence-corrected chi connectivity index (χ1v) is 7.42. The summed E-state index contributed by atoms with van der Waals surface area (Å²) in [5, 5.41) is 1.03. The normalized spacial score (nSPS) is 12.6. The minimum absolute atomic E-state index is 0.290. The van der Waals surface area contributed by atoms with Crippen LogP contribution in [0.15, 0.2) is 53.0 Å². The molecule has 1 aromatic heterocycles. The van der Waals surface area contributed by atoms with Gasteiger partial charge in [0.05, 0.1) is 11.6 Å². The van der Waals surface area contributed by atoms with Gasteiger partial charge in [-0.25, -0.2) is 4.39 Å². The molecule has 0 fully saturated rings. The molecule has 0 aliphatic carbocycles. The Hall–Kier alpha value is -1.78. The van der Waals surface area contributed by atoms with Crippen LogP contribution in [0.3, 0.4) is 0 Å². The zero-order valence-corrected chi connectivity index (χ0v) is 13.1. The van der Waals surface area contributed by atoms with Gasteiger partial charge in [-0.3, -0.25) is 4.98 Å². The van der Waals surface area contributed by atoms with E-state index in [0.717, 1.165) is 32.2 Å². The summed E-state index contributed by atoms with van der Waals surface area (Å²) in [6, 6.07) is 14.0. The van der Waals surface area contributed by atoms with Gasteiger partial charge in [-0.05, 0) is 54.4 Å². The maximum Gasteiger partial charge on any atom is 0.123 e. The number of rotatable bonds is 2. The Morgan fingerprint density at radius 3 is 2.71 bits per heavy atom. The maximum absolute atomic E-state index is 13.4. The first-order chi connectivity index (χ1) is 10.0. The second-order valence-electron chi connectivity index (χ2n) is 5.05. The molecule has 0 spiro atoms. The largest absolute Gasteiger partial charge is 0.320 e. The van der Waals surface area contributed by atoms with Crippen molar-refractivity contribution in [1.82, 2.24) is 4.98 Å². The molecular formula is C17H14BrFN2. The van der Waals surface area contributed by atoms with Crippen LogP contribution in [0.2, 0.25) is 0 Å². The average molecular weight is 345 g/mol. The Morgan fingerprint density at radius 1 is 1.10 bits per heavy atom. The number of pyridine rings is 1. The summed E-state index contributed by atoms with van der Waals surface area (Å²) in [7, 11) is 0. The van der Waals surface area contributed by atoms with E-state index < -0.39 is 0 Å². The molecule has 2 aromatic carbocycles. The molecule has 0 aliphatic heterocycles. The van der Waals surface area contributed by atoms with Gasteiger partial charge in [-0.1, -0.05) is 28.1 Å². The summed E-state index contributed by atoms with van der Waals surface area (Å²) in [6.07, 6.45) is 0. The van der Waals surface area contributed by atoms with E-state index in [9.17, 15) is 4.39 Å². The Balaban J connectivity index is 2.07. The Morgan fingerprint density at radius 2 is 1.90 bits per heavy atom. The predicted molar refractivity (Wildman–Crippen MR) is 86.6 cm³/mol. The monoisotopic (exact) mass is 344 g/mol. The minimum atomic E-state index is -0.388. The second-order valence-corrected chi connectivity index (χ2v) is 5.90. The zero-order chi connectivity index (χ0) is 15.0. The van der Waals surface area contributed by atoms with E-state index >= 15 is 0 Å². The van der Waals surface area contributed by atoms with Crippen LogP contribution in [0.4, 0.5) is 4.39 Å². The van der Waals surface area contributed by atoms with E-state index in [1.165, 1.54) is 12.1 Å². The SMILES string of the molecule is Cc1ccc2cc(C(N)c3cc(F)ccc3Br)ccc2n1. The van der Waals surface area contributed by atoms with Crippen molar-refractivity contribution in [3.05, 3.63) is 75.6 Å². The topological polar surface area (TPSA) is 38.9 Å². The number of fused-ring (bicyclic) bond motifs is 1. The summed E-state index contributed by atoms with van der Waals surface area (Å²) in [6.45, 7) is 1.96. The maximum atomic E-state index is 13.4. The highest BCUT2D eigenvalue weighted by Gasteiger charge is 2.14. The van der Waals surface area contributed by atoms with Crippen molar-refractivity contribution in [3.8, 4) is 0 Å². The first kappa shape index (κ1) is 14.2. The van der Waals surface area contributed by atoms with Gasteiger partial charge in [0.1, 0.15) is 5.82 Å². The predicted octanol–water partition coefficient (Wildman–Crippen LogP) is 4.49. The number of aryl methyl sites for hydroxylation is 1. The van der Waals surface area contributed by atoms with Gasteiger partial charge in [-0.2, -0.15) is 0 Å².